The second kappa shape index (κ2) is 6.04. The molecule has 4 rings (SSSR count). The fourth-order valence-corrected chi connectivity index (χ4v) is 3.34. The predicted molar refractivity (Wildman–Crippen MR) is 99.6 cm³/mol. The van der Waals surface area contributed by atoms with Gasteiger partial charge in [-0.2, -0.15) is 0 Å². The van der Waals surface area contributed by atoms with E-state index in [9.17, 15) is 4.79 Å². The number of pyridine rings is 1. The first kappa shape index (κ1) is 16.4. The molecule has 0 saturated heterocycles. The average molecular weight is 400 g/mol. The van der Waals surface area contributed by atoms with Crippen LogP contribution in [0.4, 0.5) is 0 Å². The van der Waals surface area contributed by atoms with Crippen molar-refractivity contribution in [3.8, 4) is 0 Å². The van der Waals surface area contributed by atoms with E-state index in [0.29, 0.717) is 24.2 Å². The van der Waals surface area contributed by atoms with E-state index in [4.69, 9.17) is 4.74 Å². The Morgan fingerprint density at radius 2 is 2.04 bits per heavy atom. The van der Waals surface area contributed by atoms with E-state index >= 15 is 0 Å². The molecule has 1 aliphatic heterocycles. The van der Waals surface area contributed by atoms with Crippen molar-refractivity contribution in [3.05, 3.63) is 68.3 Å². The van der Waals surface area contributed by atoms with E-state index in [2.05, 4.69) is 25.9 Å². The summed E-state index contributed by atoms with van der Waals surface area (Å²) in [5, 5.41) is 0.543. The van der Waals surface area contributed by atoms with Gasteiger partial charge in [-0.05, 0) is 37.6 Å². The van der Waals surface area contributed by atoms with Crippen LogP contribution in [0.15, 0.2) is 45.9 Å². The van der Waals surface area contributed by atoms with Crippen LogP contribution < -0.4 is 5.56 Å². The van der Waals surface area contributed by atoms with Crippen molar-refractivity contribution in [1.82, 2.24) is 14.5 Å². The molecule has 0 radical (unpaired) electrons. The van der Waals surface area contributed by atoms with Crippen LogP contribution in [-0.2, 0) is 24.3 Å². The molecule has 0 aliphatic carbocycles. The van der Waals surface area contributed by atoms with Gasteiger partial charge < -0.3 is 4.74 Å². The number of halogens is 1. The van der Waals surface area contributed by atoms with Crippen molar-refractivity contribution in [2.24, 2.45) is 0 Å². The zero-order valence-electron chi connectivity index (χ0n) is 14.1. The summed E-state index contributed by atoms with van der Waals surface area (Å²) in [6, 6.07) is 9.79. The molecule has 0 amide bonds. The highest BCUT2D eigenvalue weighted by molar-refractivity contribution is 9.10. The normalized spacial score (nSPS) is 16.0. The fourth-order valence-electron chi connectivity index (χ4n) is 3.07. The van der Waals surface area contributed by atoms with Gasteiger partial charge in [0.2, 0.25) is 0 Å². The third kappa shape index (κ3) is 3.24. The maximum Gasteiger partial charge on any atom is 0.263 e. The maximum atomic E-state index is 12.8. The first-order valence-electron chi connectivity index (χ1n) is 8.18. The van der Waals surface area contributed by atoms with Crippen LogP contribution >= 0.6 is 15.9 Å². The standard InChI is InChI=1S/C19H18BrN3O2/c1-19(2)8-16-13(10-25-19)7-15-17(22-16)21-11-23(18(15)24)9-12-3-5-14(20)6-4-12/h3-7,11H,8-10H2,1-2H3. The molecule has 0 fully saturated rings. The number of fused-ring (bicyclic) bond motifs is 2. The van der Waals surface area contributed by atoms with Crippen molar-refractivity contribution >= 4 is 27.0 Å². The van der Waals surface area contributed by atoms with Crippen LogP contribution in [0.3, 0.4) is 0 Å². The number of hydrogen-bond acceptors (Lipinski definition) is 4. The minimum atomic E-state index is -0.232. The van der Waals surface area contributed by atoms with Gasteiger partial charge in [-0.15, -0.1) is 0 Å². The molecular weight excluding hydrogens is 382 g/mol. The van der Waals surface area contributed by atoms with Crippen molar-refractivity contribution < 1.29 is 4.74 Å². The largest absolute Gasteiger partial charge is 0.370 e. The lowest BCUT2D eigenvalue weighted by Crippen LogP contribution is -2.33. The Morgan fingerprint density at radius 3 is 2.80 bits per heavy atom. The number of aromatic nitrogens is 3. The quantitative estimate of drug-likeness (QED) is 0.661. The SMILES string of the molecule is CC1(C)Cc2nc3ncn(Cc4ccc(Br)cc4)c(=O)c3cc2CO1. The molecule has 0 unspecified atom stereocenters. The number of nitrogens with zero attached hydrogens (tertiary/aromatic N) is 3. The summed E-state index contributed by atoms with van der Waals surface area (Å²) < 4.78 is 8.48. The Hall–Kier alpha value is -2.05. The average Bonchev–Trinajstić information content (AvgIpc) is 2.57. The van der Waals surface area contributed by atoms with Crippen LogP contribution in [0.2, 0.25) is 0 Å². The van der Waals surface area contributed by atoms with Gasteiger partial charge in [0.1, 0.15) is 6.33 Å². The van der Waals surface area contributed by atoms with E-state index in [1.54, 1.807) is 10.9 Å². The molecular formula is C19H18BrN3O2. The van der Waals surface area contributed by atoms with Crippen molar-refractivity contribution in [2.45, 2.75) is 39.0 Å². The second-order valence-electron chi connectivity index (χ2n) is 6.99. The van der Waals surface area contributed by atoms with Gasteiger partial charge >= 0.3 is 0 Å². The van der Waals surface area contributed by atoms with Crippen molar-refractivity contribution in [1.29, 1.82) is 0 Å². The molecule has 0 saturated carbocycles. The maximum absolute atomic E-state index is 12.8. The van der Waals surface area contributed by atoms with E-state index in [1.165, 1.54) is 0 Å². The predicted octanol–water partition coefficient (Wildman–Crippen LogP) is 3.45. The molecule has 3 heterocycles. The minimum Gasteiger partial charge on any atom is -0.370 e. The number of hydrogen-bond donors (Lipinski definition) is 0. The summed E-state index contributed by atoms with van der Waals surface area (Å²) in [5.74, 6) is 0. The summed E-state index contributed by atoms with van der Waals surface area (Å²) >= 11 is 3.42. The summed E-state index contributed by atoms with van der Waals surface area (Å²) in [4.78, 5) is 21.9. The fraction of sp³-hybridized carbons (Fsp3) is 0.316. The molecule has 0 atom stereocenters. The highest BCUT2D eigenvalue weighted by atomic mass is 79.9. The molecule has 3 aromatic rings. The van der Waals surface area contributed by atoms with Crippen LogP contribution in [0.25, 0.3) is 11.0 Å². The van der Waals surface area contributed by atoms with Crippen molar-refractivity contribution in [2.75, 3.05) is 0 Å². The summed E-state index contributed by atoms with van der Waals surface area (Å²) in [6.45, 7) is 5.05. The summed E-state index contributed by atoms with van der Waals surface area (Å²) in [7, 11) is 0. The van der Waals surface area contributed by atoms with E-state index < -0.39 is 0 Å². The van der Waals surface area contributed by atoms with Gasteiger partial charge in [0, 0.05) is 16.5 Å². The lowest BCUT2D eigenvalue weighted by molar-refractivity contribution is -0.0411. The van der Waals surface area contributed by atoms with E-state index in [-0.39, 0.29) is 11.2 Å². The molecule has 0 spiro atoms. The van der Waals surface area contributed by atoms with Crippen LogP contribution in [-0.4, -0.2) is 20.1 Å². The zero-order valence-corrected chi connectivity index (χ0v) is 15.7. The number of benzene rings is 1. The highest BCUT2D eigenvalue weighted by Crippen LogP contribution is 2.27. The Morgan fingerprint density at radius 1 is 1.28 bits per heavy atom. The van der Waals surface area contributed by atoms with Crippen molar-refractivity contribution in [3.63, 3.8) is 0 Å². The third-order valence-electron chi connectivity index (χ3n) is 4.46. The smallest absolute Gasteiger partial charge is 0.263 e. The van der Waals surface area contributed by atoms with Gasteiger partial charge in [-0.1, -0.05) is 28.1 Å². The van der Waals surface area contributed by atoms with Crippen LogP contribution in [0.5, 0.6) is 0 Å². The molecule has 0 bridgehead atoms. The number of rotatable bonds is 2. The molecule has 0 N–H and O–H groups in total. The minimum absolute atomic E-state index is 0.0759. The Kier molecular flexibility index (Phi) is 3.96. The molecule has 128 valence electrons. The first-order valence-corrected chi connectivity index (χ1v) is 8.97. The summed E-state index contributed by atoms with van der Waals surface area (Å²) in [5.41, 5.74) is 3.20. The molecule has 1 aromatic carbocycles. The molecule has 25 heavy (non-hydrogen) atoms. The van der Waals surface area contributed by atoms with Gasteiger partial charge in [-0.25, -0.2) is 9.97 Å². The number of ether oxygens (including phenoxy) is 1. The van der Waals surface area contributed by atoms with E-state index in [1.807, 2.05) is 44.2 Å². The zero-order chi connectivity index (χ0) is 17.6. The third-order valence-corrected chi connectivity index (χ3v) is 4.99. The van der Waals surface area contributed by atoms with Crippen LogP contribution in [0.1, 0.15) is 30.7 Å². The Bertz CT molecular complexity index is 1010. The Balaban J connectivity index is 1.75. The first-order chi connectivity index (χ1) is 11.9. The second-order valence-corrected chi connectivity index (χ2v) is 7.91. The van der Waals surface area contributed by atoms with E-state index in [0.717, 1.165) is 27.7 Å². The molecule has 1 aliphatic rings. The highest BCUT2D eigenvalue weighted by Gasteiger charge is 2.27. The van der Waals surface area contributed by atoms with Gasteiger partial charge in [0.05, 0.1) is 29.8 Å². The molecule has 2 aromatic heterocycles. The van der Waals surface area contributed by atoms with Gasteiger partial charge in [0.25, 0.3) is 5.56 Å². The lowest BCUT2D eigenvalue weighted by Gasteiger charge is -2.31. The van der Waals surface area contributed by atoms with Gasteiger partial charge in [-0.3, -0.25) is 9.36 Å². The molecule has 6 heteroatoms. The monoisotopic (exact) mass is 399 g/mol. The topological polar surface area (TPSA) is 57.0 Å². The lowest BCUT2D eigenvalue weighted by atomic mass is 9.95. The molecule has 5 nitrogen and oxygen atoms in total. The summed E-state index contributed by atoms with van der Waals surface area (Å²) in [6.07, 6.45) is 2.30. The Labute approximate surface area is 153 Å². The van der Waals surface area contributed by atoms with Gasteiger partial charge in [0.15, 0.2) is 5.65 Å². The van der Waals surface area contributed by atoms with Crippen LogP contribution in [0, 0.1) is 0 Å².